The van der Waals surface area contributed by atoms with Crippen molar-refractivity contribution in [2.45, 2.75) is 43.7 Å². The van der Waals surface area contributed by atoms with Gasteiger partial charge in [-0.15, -0.1) is 0 Å². The first-order valence-electron chi connectivity index (χ1n) is 11.2. The van der Waals surface area contributed by atoms with Crippen LogP contribution in [0.25, 0.3) is 33.1 Å². The van der Waals surface area contributed by atoms with Crippen LogP contribution in [0.15, 0.2) is 53.6 Å². The summed E-state index contributed by atoms with van der Waals surface area (Å²) in [5.74, 6) is -0.569. The number of aromatic nitrogens is 2. The smallest absolute Gasteiger partial charge is 0.320 e. The molecule has 2 aromatic heterocycles. The molecule has 0 saturated carbocycles. The standard InChI is InChI=1S/C25H26ClN3O5S/c1-3-16(12-20(27)25(30)31)34-21-9-8-18(14-6-5-7-17(10-14)35(32,33)4-2)22-19-11-15(26)13-28-24(19)29-23(21)22/h5-11,13,16,20H,3-4,12,27H2,1-2H3,(H,28,29)(H,30,31)/t16?,20-/m0/s1. The van der Waals surface area contributed by atoms with Crippen LogP contribution >= 0.6 is 11.6 Å². The second kappa shape index (κ2) is 9.85. The number of carbonyl (C=O) groups is 1. The number of H-pyrrole nitrogens is 1. The number of carboxylic acid groups (broad SMARTS) is 1. The molecule has 2 aromatic carbocycles. The largest absolute Gasteiger partial charge is 0.488 e. The molecular formula is C25H26ClN3O5S. The van der Waals surface area contributed by atoms with Gasteiger partial charge in [0.05, 0.1) is 21.2 Å². The fourth-order valence-electron chi connectivity index (χ4n) is 4.06. The maximum Gasteiger partial charge on any atom is 0.320 e. The predicted molar refractivity (Wildman–Crippen MR) is 137 cm³/mol. The molecule has 4 aromatic rings. The SMILES string of the molecule is CCC(C[C@H](N)C(=O)O)Oc1ccc(-c2cccc(S(=O)(=O)CC)c2)c2c1[nH]c1ncc(Cl)cc12. The van der Waals surface area contributed by atoms with Crippen LogP contribution in [0, 0.1) is 0 Å². The number of pyridine rings is 1. The Hall–Kier alpha value is -3.14. The Labute approximate surface area is 208 Å². The summed E-state index contributed by atoms with van der Waals surface area (Å²) in [5, 5.41) is 11.2. The molecular weight excluding hydrogens is 490 g/mol. The molecule has 0 radical (unpaired) electrons. The molecule has 0 fully saturated rings. The average Bonchev–Trinajstić information content (AvgIpc) is 3.22. The molecule has 4 N–H and O–H groups in total. The summed E-state index contributed by atoms with van der Waals surface area (Å²) in [6, 6.07) is 11.2. The number of nitrogens with zero attached hydrogens (tertiary/aromatic N) is 1. The highest BCUT2D eigenvalue weighted by Crippen LogP contribution is 2.40. The zero-order valence-corrected chi connectivity index (χ0v) is 20.9. The van der Waals surface area contributed by atoms with Gasteiger partial charge in [-0.2, -0.15) is 0 Å². The van der Waals surface area contributed by atoms with Crippen LogP contribution in [0.5, 0.6) is 5.75 Å². The normalized spacial score (nSPS) is 13.7. The van der Waals surface area contributed by atoms with E-state index in [2.05, 4.69) is 9.97 Å². The lowest BCUT2D eigenvalue weighted by Gasteiger charge is -2.20. The molecule has 0 aliphatic heterocycles. The van der Waals surface area contributed by atoms with Gasteiger partial charge in [0, 0.05) is 23.4 Å². The molecule has 0 saturated heterocycles. The highest BCUT2D eigenvalue weighted by Gasteiger charge is 2.22. The number of aromatic amines is 1. The van der Waals surface area contributed by atoms with Crippen LogP contribution in [-0.4, -0.2) is 47.4 Å². The lowest BCUT2D eigenvalue weighted by Crippen LogP contribution is -2.35. The predicted octanol–water partition coefficient (Wildman–Crippen LogP) is 4.79. The van der Waals surface area contributed by atoms with Gasteiger partial charge in [0.25, 0.3) is 0 Å². The first-order chi connectivity index (χ1) is 16.6. The molecule has 184 valence electrons. The third kappa shape index (κ3) is 4.98. The Morgan fingerprint density at radius 1 is 1.23 bits per heavy atom. The van der Waals surface area contributed by atoms with Crippen molar-refractivity contribution in [2.75, 3.05) is 5.75 Å². The number of aliphatic carboxylic acids is 1. The zero-order valence-electron chi connectivity index (χ0n) is 19.3. The van der Waals surface area contributed by atoms with E-state index in [0.717, 1.165) is 21.9 Å². The average molecular weight is 516 g/mol. The van der Waals surface area contributed by atoms with Crippen LogP contribution in [0.1, 0.15) is 26.7 Å². The minimum absolute atomic E-state index is 0.00212. The summed E-state index contributed by atoms with van der Waals surface area (Å²) >= 11 is 6.26. The molecule has 0 aliphatic rings. The number of fused-ring (bicyclic) bond motifs is 3. The first kappa shape index (κ1) is 25.0. The number of nitrogens with one attached hydrogen (secondary N) is 1. The van der Waals surface area contributed by atoms with Crippen LogP contribution in [0.2, 0.25) is 5.02 Å². The number of ether oxygens (including phenoxy) is 1. The quantitative estimate of drug-likeness (QED) is 0.291. The van der Waals surface area contributed by atoms with E-state index in [1.165, 1.54) is 6.20 Å². The van der Waals surface area contributed by atoms with Crippen LogP contribution in [0.4, 0.5) is 0 Å². The van der Waals surface area contributed by atoms with Crippen LogP contribution < -0.4 is 10.5 Å². The van der Waals surface area contributed by atoms with Gasteiger partial charge in [0.2, 0.25) is 0 Å². The summed E-state index contributed by atoms with van der Waals surface area (Å²) in [6.07, 6.45) is 1.83. The molecule has 0 amide bonds. The fraction of sp³-hybridized carbons (Fsp3) is 0.280. The third-order valence-electron chi connectivity index (χ3n) is 6.00. The number of benzene rings is 2. The molecule has 10 heteroatoms. The van der Waals surface area contributed by atoms with Crippen molar-refractivity contribution in [3.63, 3.8) is 0 Å². The number of rotatable bonds is 9. The van der Waals surface area contributed by atoms with Crippen molar-refractivity contribution < 1.29 is 23.1 Å². The van der Waals surface area contributed by atoms with Gasteiger partial charge < -0.3 is 20.6 Å². The van der Waals surface area contributed by atoms with E-state index in [0.29, 0.717) is 28.4 Å². The summed E-state index contributed by atoms with van der Waals surface area (Å²) in [5.41, 5.74) is 8.48. The molecule has 1 unspecified atom stereocenters. The van der Waals surface area contributed by atoms with E-state index < -0.39 is 28.0 Å². The molecule has 0 aliphatic carbocycles. The third-order valence-corrected chi connectivity index (χ3v) is 7.94. The van der Waals surface area contributed by atoms with Gasteiger partial charge in [-0.3, -0.25) is 4.79 Å². The van der Waals surface area contributed by atoms with Gasteiger partial charge in [-0.1, -0.05) is 37.6 Å². The summed E-state index contributed by atoms with van der Waals surface area (Å²) in [6.45, 7) is 3.51. The highest BCUT2D eigenvalue weighted by molar-refractivity contribution is 7.91. The number of halogens is 1. The maximum absolute atomic E-state index is 12.5. The Bertz CT molecular complexity index is 1520. The summed E-state index contributed by atoms with van der Waals surface area (Å²) in [7, 11) is -3.39. The lowest BCUT2D eigenvalue weighted by atomic mass is 9.99. The summed E-state index contributed by atoms with van der Waals surface area (Å²) < 4.78 is 31.2. The summed E-state index contributed by atoms with van der Waals surface area (Å²) in [4.78, 5) is 19.2. The molecule has 2 atom stereocenters. The number of sulfone groups is 1. The van der Waals surface area contributed by atoms with Crippen molar-refractivity contribution in [1.29, 1.82) is 0 Å². The van der Waals surface area contributed by atoms with Crippen molar-refractivity contribution in [2.24, 2.45) is 5.73 Å². The molecule has 0 bridgehead atoms. The molecule has 4 rings (SSSR count). The Kier molecular flexibility index (Phi) is 7.02. The number of nitrogens with two attached hydrogens (primary N) is 1. The van der Waals surface area contributed by atoms with Gasteiger partial charge in [-0.25, -0.2) is 13.4 Å². The van der Waals surface area contributed by atoms with E-state index in [-0.39, 0.29) is 17.1 Å². The highest BCUT2D eigenvalue weighted by atomic mass is 35.5. The van der Waals surface area contributed by atoms with Crippen molar-refractivity contribution in [1.82, 2.24) is 9.97 Å². The van der Waals surface area contributed by atoms with Gasteiger partial charge in [0.1, 0.15) is 23.5 Å². The Balaban J connectivity index is 1.90. The lowest BCUT2D eigenvalue weighted by molar-refractivity contribution is -0.139. The molecule has 2 heterocycles. The van der Waals surface area contributed by atoms with Gasteiger partial charge in [0.15, 0.2) is 9.84 Å². The second-order valence-electron chi connectivity index (χ2n) is 8.30. The number of carboxylic acids is 1. The van der Waals surface area contributed by atoms with E-state index in [4.69, 9.17) is 22.1 Å². The van der Waals surface area contributed by atoms with Crippen molar-refractivity contribution >= 4 is 49.3 Å². The van der Waals surface area contributed by atoms with Crippen molar-refractivity contribution in [3.05, 3.63) is 53.7 Å². The van der Waals surface area contributed by atoms with E-state index in [1.54, 1.807) is 37.3 Å². The zero-order chi connectivity index (χ0) is 25.3. The van der Waals surface area contributed by atoms with E-state index in [9.17, 15) is 18.3 Å². The Morgan fingerprint density at radius 2 is 2.00 bits per heavy atom. The van der Waals surface area contributed by atoms with Gasteiger partial charge in [-0.05, 0) is 47.9 Å². The Morgan fingerprint density at radius 3 is 2.69 bits per heavy atom. The maximum atomic E-state index is 12.5. The number of hydrogen-bond donors (Lipinski definition) is 3. The first-order valence-corrected chi connectivity index (χ1v) is 13.3. The van der Waals surface area contributed by atoms with E-state index in [1.807, 2.05) is 19.1 Å². The van der Waals surface area contributed by atoms with Crippen LogP contribution in [-0.2, 0) is 14.6 Å². The monoisotopic (exact) mass is 515 g/mol. The van der Waals surface area contributed by atoms with E-state index >= 15 is 0 Å². The van der Waals surface area contributed by atoms with Crippen LogP contribution in [0.3, 0.4) is 0 Å². The topological polar surface area (TPSA) is 135 Å². The molecule has 35 heavy (non-hydrogen) atoms. The fourth-order valence-corrected chi connectivity index (χ4v) is 5.14. The molecule has 8 nitrogen and oxygen atoms in total. The minimum Gasteiger partial charge on any atom is -0.488 e. The second-order valence-corrected chi connectivity index (χ2v) is 11.0. The molecule has 0 spiro atoms. The minimum atomic E-state index is -3.39. The van der Waals surface area contributed by atoms with Crippen molar-refractivity contribution in [3.8, 4) is 16.9 Å². The van der Waals surface area contributed by atoms with Gasteiger partial charge >= 0.3 is 5.97 Å². The number of hydrogen-bond acceptors (Lipinski definition) is 6.